The van der Waals surface area contributed by atoms with E-state index in [1.807, 2.05) is 0 Å². The van der Waals surface area contributed by atoms with Gasteiger partial charge in [0.25, 0.3) is 10.2 Å². The van der Waals surface area contributed by atoms with Crippen LogP contribution in [0.5, 0.6) is 0 Å². The topological polar surface area (TPSA) is 98.7 Å². The van der Waals surface area contributed by atoms with Crippen LogP contribution in [0.2, 0.25) is 0 Å². The van der Waals surface area contributed by atoms with Crippen LogP contribution in [-0.4, -0.2) is 50.1 Å². The normalized spacial score (nSPS) is 14.1. The number of hydrogen-bond acceptors (Lipinski definition) is 4. The third-order valence-corrected chi connectivity index (χ3v) is 2.83. The summed E-state index contributed by atoms with van der Waals surface area (Å²) >= 11 is 0. The second-order valence-corrected chi connectivity index (χ2v) is 4.92. The SMILES string of the molecule is CC(CO)(CO)NS(=O)(=O)NCC(F)(F)F. The molecule has 0 unspecified atom stereocenters. The molecular weight excluding hydrogens is 253 g/mol. The number of hydrogen-bond donors (Lipinski definition) is 4. The van der Waals surface area contributed by atoms with Crippen molar-refractivity contribution >= 4 is 10.2 Å². The van der Waals surface area contributed by atoms with Gasteiger partial charge in [0.2, 0.25) is 0 Å². The molecule has 0 heterocycles. The van der Waals surface area contributed by atoms with Gasteiger partial charge in [-0.2, -0.15) is 31.0 Å². The van der Waals surface area contributed by atoms with Crippen molar-refractivity contribution in [2.45, 2.75) is 18.6 Å². The molecule has 0 amide bonds. The minimum Gasteiger partial charge on any atom is -0.394 e. The molecule has 4 N–H and O–H groups in total. The highest BCUT2D eigenvalue weighted by Gasteiger charge is 2.33. The molecule has 0 atom stereocenters. The van der Waals surface area contributed by atoms with E-state index in [9.17, 15) is 21.6 Å². The van der Waals surface area contributed by atoms with Crippen molar-refractivity contribution in [3.05, 3.63) is 0 Å². The molecule has 0 radical (unpaired) electrons. The third-order valence-electron chi connectivity index (χ3n) is 1.54. The van der Waals surface area contributed by atoms with Gasteiger partial charge in [-0.05, 0) is 6.92 Å². The van der Waals surface area contributed by atoms with Gasteiger partial charge in [-0.1, -0.05) is 0 Å². The largest absolute Gasteiger partial charge is 0.402 e. The fraction of sp³-hybridized carbons (Fsp3) is 1.00. The summed E-state index contributed by atoms with van der Waals surface area (Å²) in [6.45, 7) is -2.10. The number of alkyl halides is 3. The first-order valence-electron chi connectivity index (χ1n) is 4.11. The Hall–Kier alpha value is -0.420. The lowest BCUT2D eigenvalue weighted by Gasteiger charge is -2.25. The predicted octanol–water partition coefficient (Wildman–Crippen LogP) is -1.28. The highest BCUT2D eigenvalue weighted by molar-refractivity contribution is 7.87. The Morgan fingerprint density at radius 3 is 1.94 bits per heavy atom. The Balaban J connectivity index is 4.47. The zero-order chi connectivity index (χ0) is 13.0. The maximum absolute atomic E-state index is 11.7. The van der Waals surface area contributed by atoms with Gasteiger partial charge in [0, 0.05) is 0 Å². The van der Waals surface area contributed by atoms with Gasteiger partial charge >= 0.3 is 6.18 Å². The van der Waals surface area contributed by atoms with Gasteiger partial charge in [-0.25, -0.2) is 0 Å². The number of nitrogens with one attached hydrogen (secondary N) is 2. The molecule has 0 aromatic rings. The molecule has 0 bridgehead atoms. The summed E-state index contributed by atoms with van der Waals surface area (Å²) in [6.07, 6.45) is -4.68. The summed E-state index contributed by atoms with van der Waals surface area (Å²) in [7, 11) is -4.44. The van der Waals surface area contributed by atoms with Crippen LogP contribution in [0, 0.1) is 0 Å². The van der Waals surface area contributed by atoms with Crippen molar-refractivity contribution in [3.63, 3.8) is 0 Å². The minimum absolute atomic E-state index is 0.754. The first kappa shape index (κ1) is 15.6. The molecule has 0 saturated carbocycles. The van der Waals surface area contributed by atoms with Crippen LogP contribution in [0.4, 0.5) is 13.2 Å². The lowest BCUT2D eigenvalue weighted by Crippen LogP contribution is -2.55. The molecule has 16 heavy (non-hydrogen) atoms. The molecule has 6 nitrogen and oxygen atoms in total. The zero-order valence-corrected chi connectivity index (χ0v) is 9.19. The van der Waals surface area contributed by atoms with E-state index in [4.69, 9.17) is 10.2 Å². The van der Waals surface area contributed by atoms with Gasteiger partial charge in [-0.15, -0.1) is 0 Å². The van der Waals surface area contributed by atoms with E-state index in [0.717, 1.165) is 6.92 Å². The molecule has 0 aliphatic carbocycles. The quantitative estimate of drug-likeness (QED) is 0.481. The van der Waals surface area contributed by atoms with E-state index >= 15 is 0 Å². The first-order valence-corrected chi connectivity index (χ1v) is 5.59. The molecule has 98 valence electrons. The monoisotopic (exact) mass is 266 g/mol. The molecule has 0 aromatic heterocycles. The number of aliphatic hydroxyl groups is 2. The summed E-state index contributed by atoms with van der Waals surface area (Å²) in [5, 5.41) is 17.5. The lowest BCUT2D eigenvalue weighted by molar-refractivity contribution is -0.121. The summed E-state index contributed by atoms with van der Waals surface area (Å²) in [5.41, 5.74) is -1.61. The highest BCUT2D eigenvalue weighted by Crippen LogP contribution is 2.13. The van der Waals surface area contributed by atoms with E-state index in [1.165, 1.54) is 4.72 Å². The molecule has 0 aliphatic rings. The molecule has 0 fully saturated rings. The van der Waals surface area contributed by atoms with Crippen LogP contribution in [0.15, 0.2) is 0 Å². The summed E-state index contributed by atoms with van der Waals surface area (Å²) in [4.78, 5) is 0. The lowest BCUT2D eigenvalue weighted by atomic mass is 10.1. The first-order chi connectivity index (χ1) is 7.04. The van der Waals surface area contributed by atoms with E-state index in [0.29, 0.717) is 0 Å². The summed E-state index contributed by atoms with van der Waals surface area (Å²) in [5.74, 6) is 0. The summed E-state index contributed by atoms with van der Waals surface area (Å²) < 4.78 is 60.3. The Labute approximate surface area is 90.6 Å². The highest BCUT2D eigenvalue weighted by atomic mass is 32.2. The number of halogens is 3. The zero-order valence-electron chi connectivity index (χ0n) is 8.37. The van der Waals surface area contributed by atoms with Crippen molar-refractivity contribution in [1.29, 1.82) is 0 Å². The predicted molar refractivity (Wildman–Crippen MR) is 48.7 cm³/mol. The van der Waals surface area contributed by atoms with Crippen LogP contribution < -0.4 is 9.44 Å². The van der Waals surface area contributed by atoms with E-state index < -0.39 is 41.7 Å². The Bertz CT molecular complexity index is 312. The molecule has 0 rings (SSSR count). The maximum Gasteiger partial charge on any atom is 0.402 e. The fourth-order valence-electron chi connectivity index (χ4n) is 0.652. The van der Waals surface area contributed by atoms with Crippen LogP contribution in [-0.2, 0) is 10.2 Å². The molecular formula is C6H13F3N2O4S. The van der Waals surface area contributed by atoms with Crippen LogP contribution in [0.3, 0.4) is 0 Å². The van der Waals surface area contributed by atoms with E-state index in [2.05, 4.69) is 0 Å². The van der Waals surface area contributed by atoms with Gasteiger partial charge in [0.05, 0.1) is 18.8 Å². The number of aliphatic hydroxyl groups excluding tert-OH is 2. The van der Waals surface area contributed by atoms with Crippen molar-refractivity contribution in [2.24, 2.45) is 0 Å². The molecule has 0 spiro atoms. The molecule has 0 aliphatic heterocycles. The average Bonchev–Trinajstić information content (AvgIpc) is 2.13. The van der Waals surface area contributed by atoms with Crippen molar-refractivity contribution < 1.29 is 31.8 Å². The van der Waals surface area contributed by atoms with Crippen LogP contribution >= 0.6 is 0 Å². The Morgan fingerprint density at radius 1 is 1.19 bits per heavy atom. The number of rotatable bonds is 6. The minimum atomic E-state index is -4.68. The smallest absolute Gasteiger partial charge is 0.394 e. The molecule has 0 aromatic carbocycles. The second kappa shape index (κ2) is 5.27. The van der Waals surface area contributed by atoms with Gasteiger partial charge in [0.1, 0.15) is 6.54 Å². The van der Waals surface area contributed by atoms with Crippen LogP contribution in [0.1, 0.15) is 6.92 Å². The standard InChI is InChI=1S/C6H13F3N2O4S/c1-5(3-12,4-13)11-16(14,15)10-2-6(7,8)9/h10-13H,2-4H2,1H3. The Morgan fingerprint density at radius 2 is 1.62 bits per heavy atom. The maximum atomic E-state index is 11.7. The molecule has 0 saturated heterocycles. The van der Waals surface area contributed by atoms with E-state index in [1.54, 1.807) is 4.72 Å². The Kier molecular flexibility index (Phi) is 5.14. The molecule has 10 heteroatoms. The van der Waals surface area contributed by atoms with Crippen molar-refractivity contribution in [2.75, 3.05) is 19.8 Å². The summed E-state index contributed by atoms with van der Waals surface area (Å²) in [6, 6.07) is 0. The third kappa shape index (κ3) is 6.23. The van der Waals surface area contributed by atoms with Gasteiger partial charge < -0.3 is 10.2 Å². The van der Waals surface area contributed by atoms with E-state index in [-0.39, 0.29) is 0 Å². The average molecular weight is 266 g/mol. The second-order valence-electron chi connectivity index (χ2n) is 3.42. The van der Waals surface area contributed by atoms with Gasteiger partial charge in [-0.3, -0.25) is 0 Å². The van der Waals surface area contributed by atoms with Crippen molar-refractivity contribution in [1.82, 2.24) is 9.44 Å². The van der Waals surface area contributed by atoms with Crippen molar-refractivity contribution in [3.8, 4) is 0 Å². The fourth-order valence-corrected chi connectivity index (χ4v) is 1.86. The van der Waals surface area contributed by atoms with Crippen LogP contribution in [0.25, 0.3) is 0 Å². The van der Waals surface area contributed by atoms with Gasteiger partial charge in [0.15, 0.2) is 0 Å².